The molecule has 1 atom stereocenters. The summed E-state index contributed by atoms with van der Waals surface area (Å²) in [6, 6.07) is 46.0. The minimum absolute atomic E-state index is 0.279. The fourth-order valence-electron chi connectivity index (χ4n) is 8.45. The first-order valence-corrected chi connectivity index (χ1v) is 19.5. The quantitative estimate of drug-likeness (QED) is 0.156. The normalized spacial score (nSPS) is 14.6. The molecular weight excluding hydrogens is 719 g/mol. The van der Waals surface area contributed by atoms with Crippen molar-refractivity contribution >= 4 is 58.2 Å². The fourth-order valence-corrected chi connectivity index (χ4v) is 8.45. The van der Waals surface area contributed by atoms with Gasteiger partial charge < -0.3 is 20.0 Å². The van der Waals surface area contributed by atoms with Crippen LogP contribution in [0.25, 0.3) is 90.9 Å². The first-order valence-electron chi connectivity index (χ1n) is 19.5. The molecular formula is C50H37N5O3. The van der Waals surface area contributed by atoms with Crippen molar-refractivity contribution in [3.05, 3.63) is 168 Å². The number of likely N-dealkylation sites (tertiary alicyclic amines) is 1. The van der Waals surface area contributed by atoms with Crippen molar-refractivity contribution < 1.29 is 14.7 Å². The van der Waals surface area contributed by atoms with Crippen molar-refractivity contribution in [2.75, 3.05) is 6.54 Å². The highest BCUT2D eigenvalue weighted by atomic mass is 16.4. The van der Waals surface area contributed by atoms with Crippen molar-refractivity contribution in [2.24, 2.45) is 0 Å². The van der Waals surface area contributed by atoms with Gasteiger partial charge in [-0.15, -0.1) is 0 Å². The summed E-state index contributed by atoms with van der Waals surface area (Å²) in [4.78, 5) is 45.2. The van der Waals surface area contributed by atoms with Crippen molar-refractivity contribution in [2.45, 2.75) is 18.9 Å². The molecule has 6 heterocycles. The van der Waals surface area contributed by atoms with E-state index < -0.39 is 12.0 Å². The summed E-state index contributed by atoms with van der Waals surface area (Å²) in [5.74, 6) is -1.25. The standard InChI is InChI=1S/C50H37N5O3/c56-49(55-30-10-17-44(55)50(57)58)35-20-18-34(19-21-35)48-42-28-26-40(53-42)46(32-13-6-2-7-14-32)38-24-22-36(51-38)45(31-11-4-1-5-12-31)37-23-25-39(52-37)47(33-15-8-3-9-16-33)41-27-29-43(48)54-41/h1-9,11-16,18-29,44,51,54H,10,17,30H2,(H,57,58)/t44-/m1/s1. The molecule has 0 radical (unpaired) electrons. The molecule has 7 aromatic rings. The van der Waals surface area contributed by atoms with Gasteiger partial charge in [0.05, 0.1) is 22.8 Å². The topological polar surface area (TPSA) is 115 Å². The number of carbonyl (C=O) groups excluding carboxylic acids is 1. The Morgan fingerprint density at radius 2 is 0.862 bits per heavy atom. The highest BCUT2D eigenvalue weighted by molar-refractivity contribution is 6.01. The van der Waals surface area contributed by atoms with Gasteiger partial charge in [-0.2, -0.15) is 0 Å². The predicted octanol–water partition coefficient (Wildman–Crippen LogP) is 11.0. The average molecular weight is 756 g/mol. The van der Waals surface area contributed by atoms with Gasteiger partial charge in [0.2, 0.25) is 0 Å². The van der Waals surface area contributed by atoms with Crippen LogP contribution in [-0.4, -0.2) is 54.4 Å². The summed E-state index contributed by atoms with van der Waals surface area (Å²) in [6.07, 6.45) is 9.41. The van der Waals surface area contributed by atoms with Crippen molar-refractivity contribution in [1.29, 1.82) is 0 Å². The van der Waals surface area contributed by atoms with Gasteiger partial charge in [-0.1, -0.05) is 103 Å². The number of rotatable bonds is 6. The number of aromatic nitrogens is 4. The molecule has 8 heteroatoms. The lowest BCUT2D eigenvalue weighted by Gasteiger charge is -2.21. The SMILES string of the molecule is O=C(O)[C@H]1CCCN1C(=O)c1ccc(-c2c3nc(c(-c4ccccc4)c4ccc([nH]4)c(-c4ccccc4)c4nc(c(-c5ccccc5)c5ccc2[nH]5)C=C4)C=C3)cc1. The minimum atomic E-state index is -0.971. The van der Waals surface area contributed by atoms with Crippen LogP contribution in [0.5, 0.6) is 0 Å². The van der Waals surface area contributed by atoms with Crippen LogP contribution in [0.2, 0.25) is 0 Å². The monoisotopic (exact) mass is 755 g/mol. The van der Waals surface area contributed by atoms with Crippen LogP contribution in [0.3, 0.4) is 0 Å². The Morgan fingerprint density at radius 1 is 0.500 bits per heavy atom. The largest absolute Gasteiger partial charge is 0.480 e. The van der Waals surface area contributed by atoms with Gasteiger partial charge in [0.25, 0.3) is 5.91 Å². The van der Waals surface area contributed by atoms with Gasteiger partial charge in [-0.05, 0) is 95.8 Å². The number of nitrogens with zero attached hydrogens (tertiary/aromatic N) is 3. The van der Waals surface area contributed by atoms with Crippen molar-refractivity contribution in [1.82, 2.24) is 24.8 Å². The van der Waals surface area contributed by atoms with E-state index in [-0.39, 0.29) is 5.91 Å². The molecule has 8 bridgehead atoms. The predicted molar refractivity (Wildman–Crippen MR) is 232 cm³/mol. The van der Waals surface area contributed by atoms with Crippen LogP contribution >= 0.6 is 0 Å². The summed E-state index contributed by atoms with van der Waals surface area (Å²) >= 11 is 0. The van der Waals surface area contributed by atoms with Crippen molar-refractivity contribution in [3.63, 3.8) is 0 Å². The number of benzene rings is 4. The van der Waals surface area contributed by atoms with E-state index in [1.54, 1.807) is 12.1 Å². The molecule has 3 aliphatic heterocycles. The maximum Gasteiger partial charge on any atom is 0.326 e. The lowest BCUT2D eigenvalue weighted by Crippen LogP contribution is -2.40. The number of carboxylic acid groups (broad SMARTS) is 1. The van der Waals surface area contributed by atoms with Crippen LogP contribution in [0.1, 0.15) is 46.0 Å². The number of amides is 1. The number of hydrogen-bond donors (Lipinski definition) is 3. The summed E-state index contributed by atoms with van der Waals surface area (Å²) in [5.41, 5.74) is 15.0. The third-order valence-corrected chi connectivity index (χ3v) is 11.2. The first-order chi connectivity index (χ1) is 28.5. The van der Waals surface area contributed by atoms with Crippen LogP contribution < -0.4 is 0 Å². The van der Waals surface area contributed by atoms with Gasteiger partial charge >= 0.3 is 5.97 Å². The molecule has 1 saturated heterocycles. The Kier molecular flexibility index (Phi) is 8.71. The highest BCUT2D eigenvalue weighted by Gasteiger charge is 2.34. The molecule has 4 aromatic carbocycles. The Hall–Kier alpha value is -7.58. The molecule has 3 aliphatic rings. The number of nitrogens with one attached hydrogen (secondary N) is 2. The molecule has 0 unspecified atom stereocenters. The van der Waals surface area contributed by atoms with Crippen LogP contribution in [0.15, 0.2) is 140 Å². The van der Waals surface area contributed by atoms with E-state index in [4.69, 9.17) is 9.97 Å². The maximum atomic E-state index is 13.6. The van der Waals surface area contributed by atoms with E-state index in [1.165, 1.54) is 4.90 Å². The Balaban J connectivity index is 1.27. The van der Waals surface area contributed by atoms with E-state index in [2.05, 4.69) is 101 Å². The third-order valence-electron chi connectivity index (χ3n) is 11.2. The second kappa shape index (κ2) is 14.5. The maximum absolute atomic E-state index is 13.6. The molecule has 3 N–H and O–H groups in total. The number of H-pyrrole nitrogens is 2. The van der Waals surface area contributed by atoms with Gasteiger partial charge in [0.15, 0.2) is 0 Å². The summed E-state index contributed by atoms with van der Waals surface area (Å²) in [6.45, 7) is 0.425. The van der Waals surface area contributed by atoms with E-state index in [9.17, 15) is 14.7 Å². The lowest BCUT2D eigenvalue weighted by atomic mass is 10.0. The van der Waals surface area contributed by atoms with Crippen LogP contribution in [0, 0.1) is 0 Å². The average Bonchev–Trinajstić information content (AvgIpc) is 4.12. The molecule has 280 valence electrons. The Morgan fingerprint density at radius 3 is 1.22 bits per heavy atom. The van der Waals surface area contributed by atoms with E-state index in [0.29, 0.717) is 24.9 Å². The molecule has 3 aromatic heterocycles. The van der Waals surface area contributed by atoms with Crippen LogP contribution in [-0.2, 0) is 4.79 Å². The summed E-state index contributed by atoms with van der Waals surface area (Å²) in [7, 11) is 0. The third kappa shape index (κ3) is 6.21. The lowest BCUT2D eigenvalue weighted by molar-refractivity contribution is -0.141. The minimum Gasteiger partial charge on any atom is -0.480 e. The van der Waals surface area contributed by atoms with E-state index in [1.807, 2.05) is 60.7 Å². The zero-order valence-electron chi connectivity index (χ0n) is 31.4. The van der Waals surface area contributed by atoms with E-state index in [0.717, 1.165) is 89.4 Å². The number of fused-ring (bicyclic) bond motifs is 8. The van der Waals surface area contributed by atoms with Crippen LogP contribution in [0.4, 0.5) is 0 Å². The molecule has 58 heavy (non-hydrogen) atoms. The van der Waals surface area contributed by atoms with Crippen molar-refractivity contribution in [3.8, 4) is 44.5 Å². The molecule has 0 spiro atoms. The number of aliphatic carboxylic acids is 1. The molecule has 8 nitrogen and oxygen atoms in total. The number of aromatic amines is 2. The first kappa shape index (κ1) is 34.9. The zero-order valence-corrected chi connectivity index (χ0v) is 31.4. The van der Waals surface area contributed by atoms with E-state index >= 15 is 0 Å². The Labute approximate surface area is 334 Å². The molecule has 0 aliphatic carbocycles. The molecule has 1 amide bonds. The Bertz CT molecular complexity index is 2930. The number of hydrogen-bond acceptors (Lipinski definition) is 4. The number of carboxylic acids is 1. The van der Waals surface area contributed by atoms with Gasteiger partial charge in [-0.25, -0.2) is 14.8 Å². The fraction of sp³-hybridized carbons (Fsp3) is 0.0800. The molecule has 10 rings (SSSR count). The highest BCUT2D eigenvalue weighted by Crippen LogP contribution is 2.38. The molecule has 1 fully saturated rings. The second-order valence-electron chi connectivity index (χ2n) is 14.7. The van der Waals surface area contributed by atoms with Gasteiger partial charge in [0, 0.05) is 56.4 Å². The molecule has 0 saturated carbocycles. The van der Waals surface area contributed by atoms with Gasteiger partial charge in [-0.3, -0.25) is 4.79 Å². The zero-order chi connectivity index (χ0) is 39.2. The summed E-state index contributed by atoms with van der Waals surface area (Å²) in [5, 5.41) is 9.75. The van der Waals surface area contributed by atoms with Gasteiger partial charge in [0.1, 0.15) is 6.04 Å². The second-order valence-corrected chi connectivity index (χ2v) is 14.7. The summed E-state index contributed by atoms with van der Waals surface area (Å²) < 4.78 is 0. The smallest absolute Gasteiger partial charge is 0.326 e. The number of carbonyl (C=O) groups is 2.